The highest BCUT2D eigenvalue weighted by Crippen LogP contribution is 2.26. The summed E-state index contributed by atoms with van der Waals surface area (Å²) in [5.74, 6) is 0.193. The molecule has 6 heteroatoms. The summed E-state index contributed by atoms with van der Waals surface area (Å²) in [6, 6.07) is 7.52. The van der Waals surface area contributed by atoms with Crippen LogP contribution in [-0.4, -0.2) is 21.1 Å². The monoisotopic (exact) mass is 302 g/mol. The van der Waals surface area contributed by atoms with Crippen molar-refractivity contribution in [2.45, 2.75) is 26.2 Å². The number of nitrogens with one attached hydrogen (secondary N) is 2. The number of benzene rings is 1. The molecule has 0 spiro atoms. The van der Waals surface area contributed by atoms with E-state index in [-0.39, 0.29) is 16.3 Å². The first kappa shape index (κ1) is 15.2. The molecule has 0 atom stereocenters. The van der Waals surface area contributed by atoms with Crippen LogP contribution in [-0.2, 0) is 5.41 Å². The lowest BCUT2D eigenvalue weighted by molar-refractivity contribution is 0.102. The van der Waals surface area contributed by atoms with Crippen molar-refractivity contribution in [3.8, 4) is 0 Å². The molecule has 0 aliphatic carbocycles. The fraction of sp³-hybridized carbons (Fsp3) is 0.267. The number of aromatic amines is 1. The minimum absolute atomic E-state index is 0.131. The number of hydrogen-bond donors (Lipinski definition) is 3. The number of anilines is 1. The lowest BCUT2D eigenvalue weighted by atomic mass is 9.83. The smallest absolute Gasteiger partial charge is 0.257 e. The molecule has 0 saturated heterocycles. The van der Waals surface area contributed by atoms with Crippen molar-refractivity contribution in [1.82, 2.24) is 10.2 Å². The minimum atomic E-state index is -0.220. The molecule has 0 aliphatic heterocycles. The summed E-state index contributed by atoms with van der Waals surface area (Å²) < 4.78 is 0. The van der Waals surface area contributed by atoms with Gasteiger partial charge < -0.3 is 11.1 Å². The Balaban J connectivity index is 2.34. The SMILES string of the molecule is CC(C)(C)c1ccccc1C(=O)Nc1[nH]ncc1C(N)=S. The fourth-order valence-electron chi connectivity index (χ4n) is 2.08. The predicted octanol–water partition coefficient (Wildman–Crippen LogP) is 2.59. The third kappa shape index (κ3) is 3.28. The Morgan fingerprint density at radius 3 is 2.57 bits per heavy atom. The molecule has 0 radical (unpaired) electrons. The second kappa shape index (κ2) is 5.65. The highest BCUT2D eigenvalue weighted by molar-refractivity contribution is 7.80. The van der Waals surface area contributed by atoms with Gasteiger partial charge >= 0.3 is 0 Å². The summed E-state index contributed by atoms with van der Waals surface area (Å²) in [5, 5.41) is 9.33. The molecule has 0 aliphatic rings. The second-order valence-electron chi connectivity index (χ2n) is 5.77. The first-order valence-corrected chi connectivity index (χ1v) is 6.95. The summed E-state index contributed by atoms with van der Waals surface area (Å²) in [6.45, 7) is 6.20. The van der Waals surface area contributed by atoms with Crippen LogP contribution in [0, 0.1) is 0 Å². The van der Waals surface area contributed by atoms with Gasteiger partial charge in [0, 0.05) is 5.56 Å². The first-order chi connectivity index (χ1) is 9.80. The molecule has 0 saturated carbocycles. The van der Waals surface area contributed by atoms with E-state index in [0.717, 1.165) is 5.56 Å². The van der Waals surface area contributed by atoms with Crippen LogP contribution in [0.5, 0.6) is 0 Å². The van der Waals surface area contributed by atoms with Crippen molar-refractivity contribution >= 4 is 28.9 Å². The molecule has 21 heavy (non-hydrogen) atoms. The summed E-state index contributed by atoms with van der Waals surface area (Å²) in [4.78, 5) is 12.7. The van der Waals surface area contributed by atoms with Crippen LogP contribution in [0.2, 0.25) is 0 Å². The molecule has 5 nitrogen and oxygen atoms in total. The zero-order valence-electron chi connectivity index (χ0n) is 12.2. The Hall–Kier alpha value is -2.21. The number of carbonyl (C=O) groups is 1. The van der Waals surface area contributed by atoms with E-state index in [1.54, 1.807) is 6.07 Å². The molecule has 2 rings (SSSR count). The van der Waals surface area contributed by atoms with E-state index in [1.807, 2.05) is 18.2 Å². The summed E-state index contributed by atoms with van der Waals surface area (Å²) >= 11 is 4.92. The van der Waals surface area contributed by atoms with Gasteiger partial charge in [0.2, 0.25) is 0 Å². The molecular formula is C15H18N4OS. The Morgan fingerprint density at radius 2 is 1.95 bits per heavy atom. The third-order valence-corrected chi connectivity index (χ3v) is 3.34. The van der Waals surface area contributed by atoms with Gasteiger partial charge in [0.25, 0.3) is 5.91 Å². The maximum absolute atomic E-state index is 12.5. The Bertz CT molecular complexity index is 685. The Labute approximate surface area is 128 Å². The Morgan fingerprint density at radius 1 is 1.29 bits per heavy atom. The normalized spacial score (nSPS) is 11.2. The van der Waals surface area contributed by atoms with Crippen molar-refractivity contribution in [3.05, 3.63) is 47.2 Å². The molecule has 0 unspecified atom stereocenters. The third-order valence-electron chi connectivity index (χ3n) is 3.12. The van der Waals surface area contributed by atoms with Crippen LogP contribution in [0.15, 0.2) is 30.5 Å². The van der Waals surface area contributed by atoms with Gasteiger partial charge in [-0.15, -0.1) is 0 Å². The van der Waals surface area contributed by atoms with Crippen molar-refractivity contribution in [2.75, 3.05) is 5.32 Å². The Kier molecular flexibility index (Phi) is 4.09. The van der Waals surface area contributed by atoms with E-state index in [4.69, 9.17) is 18.0 Å². The molecule has 110 valence electrons. The van der Waals surface area contributed by atoms with E-state index < -0.39 is 0 Å². The molecule has 4 N–H and O–H groups in total. The lowest BCUT2D eigenvalue weighted by Crippen LogP contribution is -2.22. The minimum Gasteiger partial charge on any atom is -0.389 e. The fourth-order valence-corrected chi connectivity index (χ4v) is 2.24. The molecule has 1 aromatic heterocycles. The standard InChI is InChI=1S/C15H18N4OS/c1-15(2,3)11-7-5-4-6-9(11)14(20)18-13-10(12(16)21)8-17-19-13/h4-8H,1-3H3,(H2,16,21)(H2,17,18,19,20). The predicted molar refractivity (Wildman–Crippen MR) is 87.6 cm³/mol. The van der Waals surface area contributed by atoms with Crippen LogP contribution in [0.1, 0.15) is 42.3 Å². The number of H-pyrrole nitrogens is 1. The molecule has 1 heterocycles. The van der Waals surface area contributed by atoms with Crippen molar-refractivity contribution in [1.29, 1.82) is 0 Å². The van der Waals surface area contributed by atoms with Crippen LogP contribution in [0.3, 0.4) is 0 Å². The van der Waals surface area contributed by atoms with Gasteiger partial charge in [-0.25, -0.2) is 0 Å². The van der Waals surface area contributed by atoms with Gasteiger partial charge in [-0.05, 0) is 17.0 Å². The number of nitrogens with two attached hydrogens (primary N) is 1. The first-order valence-electron chi connectivity index (χ1n) is 6.54. The molecule has 1 aromatic carbocycles. The zero-order chi connectivity index (χ0) is 15.6. The zero-order valence-corrected chi connectivity index (χ0v) is 13.0. The van der Waals surface area contributed by atoms with Gasteiger partial charge in [-0.2, -0.15) is 5.10 Å². The average Bonchev–Trinajstić information content (AvgIpc) is 2.86. The van der Waals surface area contributed by atoms with Crippen LogP contribution >= 0.6 is 12.2 Å². The quantitative estimate of drug-likeness (QED) is 0.761. The molecule has 0 fully saturated rings. The lowest BCUT2D eigenvalue weighted by Gasteiger charge is -2.22. The van der Waals surface area contributed by atoms with Gasteiger partial charge in [0.15, 0.2) is 0 Å². The second-order valence-corrected chi connectivity index (χ2v) is 6.21. The van der Waals surface area contributed by atoms with Gasteiger partial charge in [-0.1, -0.05) is 51.2 Å². The van der Waals surface area contributed by atoms with Gasteiger partial charge in [0.05, 0.1) is 11.8 Å². The number of thiocarbonyl (C=S) groups is 1. The largest absolute Gasteiger partial charge is 0.389 e. The average molecular weight is 302 g/mol. The summed E-state index contributed by atoms with van der Waals surface area (Å²) in [6.07, 6.45) is 1.49. The highest BCUT2D eigenvalue weighted by atomic mass is 32.1. The van der Waals surface area contributed by atoms with E-state index in [9.17, 15) is 4.79 Å². The maximum atomic E-state index is 12.5. The van der Waals surface area contributed by atoms with Crippen molar-refractivity contribution < 1.29 is 4.79 Å². The van der Waals surface area contributed by atoms with E-state index in [0.29, 0.717) is 16.9 Å². The van der Waals surface area contributed by atoms with E-state index in [1.165, 1.54) is 6.20 Å². The summed E-state index contributed by atoms with van der Waals surface area (Å²) in [5.41, 5.74) is 7.57. The number of amides is 1. The van der Waals surface area contributed by atoms with Gasteiger partial charge in [-0.3, -0.25) is 9.89 Å². The maximum Gasteiger partial charge on any atom is 0.257 e. The molecule has 0 bridgehead atoms. The summed E-state index contributed by atoms with van der Waals surface area (Å²) in [7, 11) is 0. The highest BCUT2D eigenvalue weighted by Gasteiger charge is 2.22. The van der Waals surface area contributed by atoms with E-state index >= 15 is 0 Å². The van der Waals surface area contributed by atoms with Gasteiger partial charge in [0.1, 0.15) is 10.8 Å². The van der Waals surface area contributed by atoms with Crippen LogP contribution in [0.4, 0.5) is 5.82 Å². The topological polar surface area (TPSA) is 83.8 Å². The molecular weight excluding hydrogens is 284 g/mol. The number of nitrogens with zero attached hydrogens (tertiary/aromatic N) is 1. The molecule has 2 aromatic rings. The number of rotatable bonds is 3. The van der Waals surface area contributed by atoms with Crippen molar-refractivity contribution in [2.24, 2.45) is 5.73 Å². The van der Waals surface area contributed by atoms with Crippen LogP contribution < -0.4 is 11.1 Å². The number of aromatic nitrogens is 2. The number of hydrogen-bond acceptors (Lipinski definition) is 3. The van der Waals surface area contributed by atoms with E-state index in [2.05, 4.69) is 36.3 Å². The van der Waals surface area contributed by atoms with Crippen LogP contribution in [0.25, 0.3) is 0 Å². The number of carbonyl (C=O) groups excluding carboxylic acids is 1. The van der Waals surface area contributed by atoms with Crippen molar-refractivity contribution in [3.63, 3.8) is 0 Å². The molecule has 1 amide bonds.